The molecular formula is C12H14BrClO2. The maximum atomic E-state index is 9.81. The van der Waals surface area contributed by atoms with Crippen molar-refractivity contribution in [2.45, 2.75) is 37.9 Å². The molecule has 0 saturated heterocycles. The summed E-state index contributed by atoms with van der Waals surface area (Å²) in [4.78, 5) is 0. The van der Waals surface area contributed by atoms with Gasteiger partial charge in [-0.15, -0.1) is 0 Å². The topological polar surface area (TPSA) is 29.5 Å². The van der Waals surface area contributed by atoms with Crippen molar-refractivity contribution >= 4 is 27.5 Å². The van der Waals surface area contributed by atoms with Crippen LogP contribution in [0, 0.1) is 0 Å². The minimum absolute atomic E-state index is 0.0915. The fourth-order valence-electron chi connectivity index (χ4n) is 1.95. The Bertz CT molecular complexity index is 370. The molecule has 0 heterocycles. The van der Waals surface area contributed by atoms with Gasteiger partial charge in [-0.1, -0.05) is 18.0 Å². The van der Waals surface area contributed by atoms with Gasteiger partial charge in [0.15, 0.2) is 0 Å². The van der Waals surface area contributed by atoms with Crippen LogP contribution in [0.5, 0.6) is 5.75 Å². The van der Waals surface area contributed by atoms with Crippen molar-refractivity contribution in [3.63, 3.8) is 0 Å². The van der Waals surface area contributed by atoms with Gasteiger partial charge in [0, 0.05) is 5.02 Å². The van der Waals surface area contributed by atoms with E-state index in [0.717, 1.165) is 35.9 Å². The molecule has 0 aliphatic heterocycles. The number of rotatable bonds is 2. The molecule has 4 heteroatoms. The maximum absolute atomic E-state index is 9.81. The molecule has 0 aromatic heterocycles. The Morgan fingerprint density at radius 2 is 2.06 bits per heavy atom. The van der Waals surface area contributed by atoms with E-state index in [-0.39, 0.29) is 12.2 Å². The average molecular weight is 306 g/mol. The predicted octanol–water partition coefficient (Wildman–Crippen LogP) is 3.78. The standard InChI is InChI=1S/C12H14BrClO2/c13-9-7-8(14)5-6-11(9)16-12-4-2-1-3-10(12)15/h5-7,10,12,15H,1-4H2/t10-,12-/m0/s1. The Morgan fingerprint density at radius 1 is 1.31 bits per heavy atom. The summed E-state index contributed by atoms with van der Waals surface area (Å²) in [6.07, 6.45) is 3.50. The molecular weight excluding hydrogens is 291 g/mol. The third-order valence-electron chi connectivity index (χ3n) is 2.84. The van der Waals surface area contributed by atoms with Crippen molar-refractivity contribution in [3.05, 3.63) is 27.7 Å². The number of aliphatic hydroxyl groups excluding tert-OH is 1. The molecule has 2 atom stereocenters. The zero-order valence-corrected chi connectivity index (χ0v) is 11.2. The molecule has 0 radical (unpaired) electrons. The van der Waals surface area contributed by atoms with Gasteiger partial charge in [-0.2, -0.15) is 0 Å². The van der Waals surface area contributed by atoms with Crippen LogP contribution in [0.25, 0.3) is 0 Å². The van der Waals surface area contributed by atoms with Crippen molar-refractivity contribution in [2.75, 3.05) is 0 Å². The van der Waals surface area contributed by atoms with Gasteiger partial charge in [-0.3, -0.25) is 0 Å². The first-order valence-electron chi connectivity index (χ1n) is 5.46. The van der Waals surface area contributed by atoms with E-state index in [9.17, 15) is 5.11 Å². The number of ether oxygens (including phenoxy) is 1. The molecule has 1 N–H and O–H groups in total. The van der Waals surface area contributed by atoms with Crippen molar-refractivity contribution in [1.82, 2.24) is 0 Å². The van der Waals surface area contributed by atoms with Gasteiger partial charge in [0.2, 0.25) is 0 Å². The Labute approximate surface area is 109 Å². The lowest BCUT2D eigenvalue weighted by molar-refractivity contribution is 0.00649. The van der Waals surface area contributed by atoms with Gasteiger partial charge in [0.25, 0.3) is 0 Å². The van der Waals surface area contributed by atoms with Crippen molar-refractivity contribution in [1.29, 1.82) is 0 Å². The first-order valence-corrected chi connectivity index (χ1v) is 6.63. The fraction of sp³-hybridized carbons (Fsp3) is 0.500. The molecule has 1 saturated carbocycles. The number of halogens is 2. The summed E-state index contributed by atoms with van der Waals surface area (Å²) < 4.78 is 6.63. The number of benzene rings is 1. The molecule has 1 fully saturated rings. The van der Waals surface area contributed by atoms with Crippen molar-refractivity contribution in [3.8, 4) is 5.75 Å². The first kappa shape index (κ1) is 12.2. The zero-order chi connectivity index (χ0) is 11.5. The highest BCUT2D eigenvalue weighted by Crippen LogP contribution is 2.31. The monoisotopic (exact) mass is 304 g/mol. The minimum atomic E-state index is -0.351. The summed E-state index contributed by atoms with van der Waals surface area (Å²) in [5, 5.41) is 10.5. The second-order valence-electron chi connectivity index (χ2n) is 4.08. The van der Waals surface area contributed by atoms with Crippen molar-refractivity contribution in [2.24, 2.45) is 0 Å². The normalized spacial score (nSPS) is 25.4. The highest BCUT2D eigenvalue weighted by Gasteiger charge is 2.25. The highest BCUT2D eigenvalue weighted by molar-refractivity contribution is 9.10. The summed E-state index contributed by atoms with van der Waals surface area (Å²) in [6, 6.07) is 5.41. The Balaban J connectivity index is 2.07. The molecule has 16 heavy (non-hydrogen) atoms. The van der Waals surface area contributed by atoms with E-state index in [4.69, 9.17) is 16.3 Å². The molecule has 2 nitrogen and oxygen atoms in total. The Hall–Kier alpha value is -0.250. The second-order valence-corrected chi connectivity index (χ2v) is 5.37. The van der Waals surface area contributed by atoms with E-state index in [1.54, 1.807) is 12.1 Å². The average Bonchev–Trinajstić information content (AvgIpc) is 2.25. The number of hydrogen-bond donors (Lipinski definition) is 1. The molecule has 88 valence electrons. The van der Waals surface area contributed by atoms with Crippen LogP contribution in [0.1, 0.15) is 25.7 Å². The van der Waals surface area contributed by atoms with E-state index in [2.05, 4.69) is 15.9 Å². The summed E-state index contributed by atoms with van der Waals surface area (Å²) in [5.74, 6) is 0.746. The van der Waals surface area contributed by atoms with Gasteiger partial charge in [-0.25, -0.2) is 0 Å². The van der Waals surface area contributed by atoms with Crippen LogP contribution in [-0.4, -0.2) is 17.3 Å². The van der Waals surface area contributed by atoms with Gasteiger partial charge in [-0.05, 0) is 53.4 Å². The maximum Gasteiger partial charge on any atom is 0.134 e. The first-order chi connectivity index (χ1) is 7.66. The van der Waals surface area contributed by atoms with E-state index in [1.165, 1.54) is 0 Å². The van der Waals surface area contributed by atoms with E-state index in [0.29, 0.717) is 5.02 Å². The van der Waals surface area contributed by atoms with Crippen molar-refractivity contribution < 1.29 is 9.84 Å². The third-order valence-corrected chi connectivity index (χ3v) is 3.69. The van der Waals surface area contributed by atoms with Gasteiger partial charge >= 0.3 is 0 Å². The molecule has 2 rings (SSSR count). The van der Waals surface area contributed by atoms with Crippen LogP contribution in [0.2, 0.25) is 5.02 Å². The van der Waals surface area contributed by atoms with Gasteiger partial charge in [0.05, 0.1) is 10.6 Å². The third kappa shape index (κ3) is 2.90. The molecule has 0 spiro atoms. The zero-order valence-electron chi connectivity index (χ0n) is 8.83. The van der Waals surface area contributed by atoms with Crippen LogP contribution in [-0.2, 0) is 0 Å². The fourth-order valence-corrected chi connectivity index (χ4v) is 2.72. The highest BCUT2D eigenvalue weighted by atomic mass is 79.9. The quantitative estimate of drug-likeness (QED) is 0.901. The summed E-state index contributed by atoms with van der Waals surface area (Å²) in [7, 11) is 0. The van der Waals surface area contributed by atoms with Crippen LogP contribution in [0.3, 0.4) is 0 Å². The molecule has 1 aliphatic carbocycles. The van der Waals surface area contributed by atoms with Crippen LogP contribution in [0.15, 0.2) is 22.7 Å². The summed E-state index contributed by atoms with van der Waals surface area (Å²) in [5.41, 5.74) is 0. The molecule has 0 unspecified atom stereocenters. The van der Waals surface area contributed by atoms with Crippen LogP contribution in [0.4, 0.5) is 0 Å². The summed E-state index contributed by atoms with van der Waals surface area (Å²) >= 11 is 9.26. The Morgan fingerprint density at radius 3 is 2.75 bits per heavy atom. The lowest BCUT2D eigenvalue weighted by Crippen LogP contribution is -2.34. The summed E-state index contributed by atoms with van der Waals surface area (Å²) in [6.45, 7) is 0. The number of hydrogen-bond acceptors (Lipinski definition) is 2. The smallest absolute Gasteiger partial charge is 0.134 e. The molecule has 0 bridgehead atoms. The lowest BCUT2D eigenvalue weighted by Gasteiger charge is -2.28. The van der Waals surface area contributed by atoms with E-state index in [1.807, 2.05) is 6.07 Å². The minimum Gasteiger partial charge on any atom is -0.487 e. The predicted molar refractivity (Wildman–Crippen MR) is 68.0 cm³/mol. The van der Waals surface area contributed by atoms with E-state index < -0.39 is 0 Å². The van der Waals surface area contributed by atoms with Crippen LogP contribution < -0.4 is 4.74 Å². The molecule has 1 aromatic carbocycles. The lowest BCUT2D eigenvalue weighted by atomic mass is 9.95. The molecule has 0 amide bonds. The molecule has 1 aliphatic rings. The second kappa shape index (κ2) is 5.39. The largest absolute Gasteiger partial charge is 0.487 e. The number of aliphatic hydroxyl groups is 1. The Kier molecular flexibility index (Phi) is 4.11. The SMILES string of the molecule is O[C@H]1CCCC[C@@H]1Oc1ccc(Cl)cc1Br. The van der Waals surface area contributed by atoms with Gasteiger partial charge in [0.1, 0.15) is 11.9 Å². The molecule has 1 aromatic rings. The van der Waals surface area contributed by atoms with E-state index >= 15 is 0 Å². The van der Waals surface area contributed by atoms with Gasteiger partial charge < -0.3 is 9.84 Å². The van der Waals surface area contributed by atoms with Crippen LogP contribution >= 0.6 is 27.5 Å².